The number of nitrogens with one attached hydrogen (secondary N) is 1. The summed E-state index contributed by atoms with van der Waals surface area (Å²) in [5.41, 5.74) is 1.15. The molecule has 0 radical (unpaired) electrons. The van der Waals surface area contributed by atoms with E-state index in [2.05, 4.69) is 42.0 Å². The molecular weight excluding hydrogens is 370 g/mol. The normalized spacial score (nSPS) is 23.4. The zero-order chi connectivity index (χ0) is 20.9. The SMILES string of the molecule is C=O.C=O.N#CC1CCCN(N2CCN(c3ncnc4[nH]ccc34)CC23CC3)C1. The van der Waals surface area contributed by atoms with Crippen LogP contribution in [0, 0.1) is 17.2 Å². The summed E-state index contributed by atoms with van der Waals surface area (Å²) in [7, 11) is 0. The average molecular weight is 397 g/mol. The first kappa shape index (κ1) is 20.9. The number of rotatable bonds is 2. The number of carbonyl (C=O) groups is 2. The topological polar surface area (TPSA) is 109 Å². The van der Waals surface area contributed by atoms with Gasteiger partial charge in [0.15, 0.2) is 0 Å². The van der Waals surface area contributed by atoms with Crippen molar-refractivity contribution in [2.75, 3.05) is 37.6 Å². The smallest absolute Gasteiger partial charge is 0.142 e. The third-order valence-corrected chi connectivity index (χ3v) is 6.00. The van der Waals surface area contributed by atoms with Gasteiger partial charge in [-0.15, -0.1) is 0 Å². The van der Waals surface area contributed by atoms with E-state index in [4.69, 9.17) is 9.59 Å². The highest BCUT2D eigenvalue weighted by Crippen LogP contribution is 2.46. The number of hydrazine groups is 1. The van der Waals surface area contributed by atoms with Gasteiger partial charge in [0.1, 0.15) is 31.4 Å². The fourth-order valence-corrected chi connectivity index (χ4v) is 4.54. The quantitative estimate of drug-likeness (QED) is 0.810. The van der Waals surface area contributed by atoms with Crippen molar-refractivity contribution in [2.45, 2.75) is 31.2 Å². The predicted molar refractivity (Wildman–Crippen MR) is 109 cm³/mol. The number of hydrogen-bond donors (Lipinski definition) is 1. The number of hydrogen-bond acceptors (Lipinski definition) is 8. The zero-order valence-electron chi connectivity index (χ0n) is 16.6. The van der Waals surface area contributed by atoms with Crippen LogP contribution in [0.3, 0.4) is 0 Å². The Hall–Kier alpha value is -2.83. The summed E-state index contributed by atoms with van der Waals surface area (Å²) in [5.74, 6) is 1.23. The van der Waals surface area contributed by atoms with Gasteiger partial charge in [0, 0.05) is 38.9 Å². The van der Waals surface area contributed by atoms with Crippen LogP contribution in [-0.4, -0.2) is 76.8 Å². The van der Waals surface area contributed by atoms with Crippen molar-refractivity contribution in [1.82, 2.24) is 25.0 Å². The van der Waals surface area contributed by atoms with E-state index in [1.54, 1.807) is 6.33 Å². The maximum Gasteiger partial charge on any atom is 0.142 e. The lowest BCUT2D eigenvalue weighted by Crippen LogP contribution is -2.62. The van der Waals surface area contributed by atoms with Crippen LogP contribution in [0.25, 0.3) is 11.0 Å². The van der Waals surface area contributed by atoms with Crippen molar-refractivity contribution in [3.05, 3.63) is 18.6 Å². The molecule has 2 aromatic heterocycles. The van der Waals surface area contributed by atoms with Gasteiger partial charge in [0.25, 0.3) is 0 Å². The standard InChI is InChI=1S/C18H23N7.2CH2O/c19-10-14-2-1-7-24(11-14)25-9-8-23(12-18(25)4-5-18)17-15-3-6-20-16(15)21-13-22-17;2*1-2/h3,6,13-14H,1-2,4-5,7-9,11-12H2,(H,20,21,22);2*1H2. The van der Waals surface area contributed by atoms with E-state index >= 15 is 0 Å². The molecule has 1 saturated carbocycles. The largest absolute Gasteiger partial charge is 0.353 e. The number of carbonyl (C=O) groups excluding carboxylic acids is 2. The molecule has 1 spiro atoms. The number of piperazine rings is 1. The highest BCUT2D eigenvalue weighted by atomic mass is 16.1. The minimum atomic E-state index is 0.184. The van der Waals surface area contributed by atoms with Gasteiger partial charge in [0.05, 0.1) is 22.9 Å². The van der Waals surface area contributed by atoms with E-state index in [1.807, 2.05) is 19.8 Å². The van der Waals surface area contributed by atoms with Crippen LogP contribution < -0.4 is 4.90 Å². The summed E-state index contributed by atoms with van der Waals surface area (Å²) in [6.45, 7) is 8.97. The molecule has 0 aromatic carbocycles. The van der Waals surface area contributed by atoms with E-state index in [-0.39, 0.29) is 11.5 Å². The maximum absolute atomic E-state index is 9.30. The van der Waals surface area contributed by atoms with Crippen molar-refractivity contribution in [2.24, 2.45) is 5.92 Å². The van der Waals surface area contributed by atoms with Crippen molar-refractivity contribution in [3.63, 3.8) is 0 Å². The first-order valence-electron chi connectivity index (χ1n) is 9.82. The Labute approximate surface area is 170 Å². The van der Waals surface area contributed by atoms with Gasteiger partial charge in [-0.1, -0.05) is 0 Å². The Morgan fingerprint density at radius 2 is 1.97 bits per heavy atom. The third-order valence-electron chi connectivity index (χ3n) is 6.00. The van der Waals surface area contributed by atoms with Crippen molar-refractivity contribution in [1.29, 1.82) is 5.26 Å². The summed E-state index contributed by atoms with van der Waals surface area (Å²) in [4.78, 5) is 30.5. The molecule has 154 valence electrons. The summed E-state index contributed by atoms with van der Waals surface area (Å²) in [6, 6.07) is 4.54. The van der Waals surface area contributed by atoms with Crippen LogP contribution in [0.1, 0.15) is 25.7 Å². The van der Waals surface area contributed by atoms with Crippen LogP contribution in [0.2, 0.25) is 0 Å². The molecule has 29 heavy (non-hydrogen) atoms. The van der Waals surface area contributed by atoms with Crippen LogP contribution in [0.5, 0.6) is 0 Å². The monoisotopic (exact) mass is 397 g/mol. The first-order valence-corrected chi connectivity index (χ1v) is 9.82. The van der Waals surface area contributed by atoms with E-state index < -0.39 is 0 Å². The zero-order valence-corrected chi connectivity index (χ0v) is 16.6. The number of nitriles is 1. The van der Waals surface area contributed by atoms with Gasteiger partial charge in [-0.25, -0.2) is 20.0 Å². The highest BCUT2D eigenvalue weighted by molar-refractivity contribution is 5.87. The molecule has 2 aliphatic heterocycles. The molecule has 5 rings (SSSR count). The lowest BCUT2D eigenvalue weighted by Gasteiger charge is -2.49. The molecule has 0 amide bonds. The molecule has 2 saturated heterocycles. The summed E-state index contributed by atoms with van der Waals surface area (Å²) < 4.78 is 0. The number of anilines is 1. The molecular formula is C20H27N7O2. The van der Waals surface area contributed by atoms with Gasteiger partial charge >= 0.3 is 0 Å². The molecule has 1 aliphatic carbocycles. The average Bonchev–Trinajstić information content (AvgIpc) is 3.38. The Bertz CT molecular complexity index is 858. The van der Waals surface area contributed by atoms with Gasteiger partial charge in [-0.2, -0.15) is 5.26 Å². The number of fused-ring (bicyclic) bond motifs is 1. The van der Waals surface area contributed by atoms with E-state index in [1.165, 1.54) is 12.8 Å². The molecule has 1 atom stereocenters. The lowest BCUT2D eigenvalue weighted by molar-refractivity contribution is -0.0987. The molecule has 9 nitrogen and oxygen atoms in total. The number of aromatic amines is 1. The summed E-state index contributed by atoms with van der Waals surface area (Å²) >= 11 is 0. The number of nitrogens with zero attached hydrogens (tertiary/aromatic N) is 6. The van der Waals surface area contributed by atoms with Crippen LogP contribution >= 0.6 is 0 Å². The number of H-pyrrole nitrogens is 1. The second kappa shape index (κ2) is 9.11. The summed E-state index contributed by atoms with van der Waals surface area (Å²) in [6.07, 6.45) is 8.23. The van der Waals surface area contributed by atoms with Crippen LogP contribution in [0.4, 0.5) is 5.82 Å². The molecule has 4 heterocycles. The van der Waals surface area contributed by atoms with Crippen molar-refractivity contribution in [3.8, 4) is 6.07 Å². The lowest BCUT2D eigenvalue weighted by atomic mass is 10.0. The first-order chi connectivity index (χ1) is 14.3. The predicted octanol–water partition coefficient (Wildman–Crippen LogP) is 1.39. The second-order valence-corrected chi connectivity index (χ2v) is 7.59. The molecule has 1 N–H and O–H groups in total. The van der Waals surface area contributed by atoms with Gasteiger partial charge in [-0.3, -0.25) is 0 Å². The molecule has 1 unspecified atom stereocenters. The van der Waals surface area contributed by atoms with E-state index in [0.717, 1.165) is 62.4 Å². The van der Waals surface area contributed by atoms with Crippen LogP contribution in [-0.2, 0) is 9.59 Å². The van der Waals surface area contributed by atoms with Crippen LogP contribution in [0.15, 0.2) is 18.6 Å². The Balaban J connectivity index is 0.000000568. The highest BCUT2D eigenvalue weighted by Gasteiger charge is 2.54. The Morgan fingerprint density at radius 3 is 2.69 bits per heavy atom. The minimum absolute atomic E-state index is 0.184. The Morgan fingerprint density at radius 1 is 1.17 bits per heavy atom. The van der Waals surface area contributed by atoms with Gasteiger partial charge in [-0.05, 0) is 31.7 Å². The Kier molecular flexibility index (Phi) is 6.56. The molecule has 0 bridgehead atoms. The van der Waals surface area contributed by atoms with Crippen molar-refractivity contribution < 1.29 is 9.59 Å². The number of aromatic nitrogens is 3. The molecule has 3 aliphatic rings. The van der Waals surface area contributed by atoms with Gasteiger partial charge in [0.2, 0.25) is 0 Å². The van der Waals surface area contributed by atoms with Gasteiger partial charge < -0.3 is 19.5 Å². The molecule has 3 fully saturated rings. The number of piperidine rings is 1. The molecule has 2 aromatic rings. The minimum Gasteiger partial charge on any atom is -0.353 e. The van der Waals surface area contributed by atoms with E-state index in [9.17, 15) is 5.26 Å². The van der Waals surface area contributed by atoms with E-state index in [0.29, 0.717) is 0 Å². The third kappa shape index (κ3) is 3.99. The molecule has 9 heteroatoms. The van der Waals surface area contributed by atoms with Crippen molar-refractivity contribution >= 4 is 30.4 Å². The fraction of sp³-hybridized carbons (Fsp3) is 0.550. The fourth-order valence-electron chi connectivity index (χ4n) is 4.54. The maximum atomic E-state index is 9.30. The second-order valence-electron chi connectivity index (χ2n) is 7.59. The summed E-state index contributed by atoms with van der Waals surface area (Å²) in [5, 5.41) is 15.5.